The van der Waals surface area contributed by atoms with Gasteiger partial charge in [-0.3, -0.25) is 19.2 Å². The van der Waals surface area contributed by atoms with Crippen molar-refractivity contribution in [2.45, 2.75) is 32.3 Å². The molecule has 9 nitrogen and oxygen atoms in total. The third-order valence-corrected chi connectivity index (χ3v) is 5.73. The molecule has 0 aromatic heterocycles. The Labute approximate surface area is 186 Å². The van der Waals surface area contributed by atoms with Crippen molar-refractivity contribution in [1.29, 1.82) is 0 Å². The van der Waals surface area contributed by atoms with Crippen LogP contribution in [0.5, 0.6) is 0 Å². The Hall–Kier alpha value is -2.65. The summed E-state index contributed by atoms with van der Waals surface area (Å²) >= 11 is 6.26. The number of piperidine rings is 1. The first-order valence-corrected chi connectivity index (χ1v) is 10.3. The number of likely N-dealkylation sites (tertiary alicyclic amines) is 1. The minimum Gasteiger partial charge on any atom is -0.483 e. The smallest absolute Gasteiger partial charge is 0.312 e. The summed E-state index contributed by atoms with van der Waals surface area (Å²) in [7, 11) is 3.92. The van der Waals surface area contributed by atoms with Gasteiger partial charge >= 0.3 is 5.97 Å². The van der Waals surface area contributed by atoms with Crippen molar-refractivity contribution in [3.05, 3.63) is 28.8 Å². The lowest BCUT2D eigenvalue weighted by Crippen LogP contribution is -2.45. The van der Waals surface area contributed by atoms with E-state index in [1.165, 1.54) is 6.92 Å². The predicted octanol–water partition coefficient (Wildman–Crippen LogP) is 2.10. The quantitative estimate of drug-likeness (QED) is 0.529. The van der Waals surface area contributed by atoms with E-state index in [2.05, 4.69) is 5.32 Å². The van der Waals surface area contributed by atoms with E-state index < -0.39 is 5.41 Å². The van der Waals surface area contributed by atoms with Crippen LogP contribution in [0.2, 0.25) is 5.02 Å². The van der Waals surface area contributed by atoms with Gasteiger partial charge < -0.3 is 25.0 Å². The van der Waals surface area contributed by atoms with E-state index in [1.807, 2.05) is 19.0 Å². The van der Waals surface area contributed by atoms with Crippen LogP contribution in [0, 0.1) is 5.41 Å². The highest BCUT2D eigenvalue weighted by Gasteiger charge is 2.50. The fraction of sp³-hybridized carbons (Fsp3) is 0.524. The molecule has 3 rings (SSSR count). The molecule has 2 N–H and O–H groups in total. The molecule has 0 radical (unpaired) electrons. The number of cyclic esters (lactones) is 1. The van der Waals surface area contributed by atoms with Gasteiger partial charge in [0, 0.05) is 38.7 Å². The number of esters is 1. The molecular weight excluding hydrogens is 426 g/mol. The van der Waals surface area contributed by atoms with E-state index in [0.29, 0.717) is 55.2 Å². The number of nitrogens with one attached hydrogen (secondary N) is 1. The van der Waals surface area contributed by atoms with Crippen molar-refractivity contribution in [3.63, 3.8) is 0 Å². The van der Waals surface area contributed by atoms with Crippen LogP contribution in [-0.4, -0.2) is 79.0 Å². The first-order valence-electron chi connectivity index (χ1n) is 9.92. The number of ether oxygens (including phenoxy) is 1. The number of halogens is 1. The topological polar surface area (TPSA) is 116 Å². The minimum absolute atomic E-state index is 0.0829. The summed E-state index contributed by atoms with van der Waals surface area (Å²) in [5, 5.41) is 9.83. The molecule has 2 fully saturated rings. The zero-order valence-corrected chi connectivity index (χ0v) is 18.6. The average Bonchev–Trinajstić information content (AvgIpc) is 2.96. The molecule has 1 aromatic carbocycles. The Balaban J connectivity index is 0.00000107. The number of nitrogens with zero attached hydrogens (tertiary/aromatic N) is 2. The Morgan fingerprint density at radius 1 is 1.35 bits per heavy atom. The third kappa shape index (κ3) is 6.18. The number of carboxylic acid groups (broad SMARTS) is 1. The monoisotopic (exact) mass is 453 g/mol. The van der Waals surface area contributed by atoms with Crippen LogP contribution in [0.25, 0.3) is 0 Å². The molecular formula is C21H28ClN3O6. The van der Waals surface area contributed by atoms with E-state index in [1.54, 1.807) is 23.1 Å². The second-order valence-electron chi connectivity index (χ2n) is 8.05. The number of hydrogen-bond acceptors (Lipinski definition) is 6. The largest absolute Gasteiger partial charge is 0.483 e. The second kappa shape index (κ2) is 10.6. The Kier molecular flexibility index (Phi) is 8.41. The summed E-state index contributed by atoms with van der Waals surface area (Å²) in [5.74, 6) is -0.498. The van der Waals surface area contributed by atoms with Crippen LogP contribution >= 0.6 is 11.6 Å². The molecule has 1 aromatic rings. The normalized spacial score (nSPS) is 19.5. The van der Waals surface area contributed by atoms with Crippen LogP contribution < -0.4 is 5.32 Å². The molecule has 1 unspecified atom stereocenters. The van der Waals surface area contributed by atoms with Gasteiger partial charge in [-0.25, -0.2) is 0 Å². The molecule has 10 heteroatoms. The van der Waals surface area contributed by atoms with Crippen molar-refractivity contribution in [2.24, 2.45) is 5.41 Å². The summed E-state index contributed by atoms with van der Waals surface area (Å²) in [6.45, 7) is 2.86. The van der Waals surface area contributed by atoms with Crippen molar-refractivity contribution in [3.8, 4) is 0 Å². The van der Waals surface area contributed by atoms with Crippen LogP contribution in [-0.2, 0) is 19.1 Å². The van der Waals surface area contributed by atoms with Crippen LogP contribution in [0.15, 0.2) is 18.2 Å². The number of rotatable bonds is 4. The van der Waals surface area contributed by atoms with Gasteiger partial charge in [-0.15, -0.1) is 0 Å². The zero-order chi connectivity index (χ0) is 23.2. The molecule has 1 spiro atoms. The summed E-state index contributed by atoms with van der Waals surface area (Å²) in [5.41, 5.74) is 0.467. The number of hydrogen-bond donors (Lipinski definition) is 2. The highest BCUT2D eigenvalue weighted by Crippen LogP contribution is 2.43. The number of likely N-dealkylation sites (N-methyl/N-ethyl adjacent to an activating group) is 1. The minimum atomic E-state index is -0.476. The van der Waals surface area contributed by atoms with E-state index in [-0.39, 0.29) is 30.4 Å². The van der Waals surface area contributed by atoms with Crippen LogP contribution in [0.3, 0.4) is 0 Å². The van der Waals surface area contributed by atoms with Gasteiger partial charge in [0.05, 0.1) is 16.0 Å². The lowest BCUT2D eigenvalue weighted by molar-refractivity contribution is -0.150. The van der Waals surface area contributed by atoms with Gasteiger partial charge in [0.15, 0.2) is 0 Å². The molecule has 0 bridgehead atoms. The van der Waals surface area contributed by atoms with Crippen LogP contribution in [0.1, 0.15) is 36.5 Å². The molecule has 2 aliphatic rings. The highest BCUT2D eigenvalue weighted by atomic mass is 35.5. The maximum absolute atomic E-state index is 12.9. The van der Waals surface area contributed by atoms with Crippen LogP contribution in [0.4, 0.5) is 5.69 Å². The maximum atomic E-state index is 12.9. The molecule has 1 atom stereocenters. The standard InChI is InChI=1S/C20H26ClN3O4.CH2O2/c1-13(25)22-14-4-5-16(17(21)10-14)18(26)24-8-6-20(7-9-24)11-15(12-23(2)3)28-19(20)27;2-1-3/h4-5,10,15H,6-9,11-12H2,1-3H3,(H,22,25);1H,(H,2,3). The van der Waals surface area contributed by atoms with E-state index in [0.717, 1.165) is 0 Å². The number of amides is 2. The van der Waals surface area contributed by atoms with Crippen molar-refractivity contribution < 1.29 is 29.0 Å². The van der Waals surface area contributed by atoms with Crippen molar-refractivity contribution >= 4 is 41.5 Å². The summed E-state index contributed by atoms with van der Waals surface area (Å²) in [4.78, 5) is 48.6. The lowest BCUT2D eigenvalue weighted by Gasteiger charge is -2.36. The number of carbonyl (C=O) groups excluding carboxylic acids is 3. The van der Waals surface area contributed by atoms with E-state index in [9.17, 15) is 14.4 Å². The van der Waals surface area contributed by atoms with Gasteiger partial charge in [-0.2, -0.15) is 0 Å². The first-order chi connectivity index (χ1) is 14.6. The van der Waals surface area contributed by atoms with Gasteiger partial charge in [0.25, 0.3) is 12.4 Å². The molecule has 0 saturated carbocycles. The van der Waals surface area contributed by atoms with Crippen molar-refractivity contribution in [1.82, 2.24) is 9.80 Å². The van der Waals surface area contributed by atoms with Gasteiger partial charge in [0.2, 0.25) is 5.91 Å². The third-order valence-electron chi connectivity index (χ3n) is 5.42. The summed E-state index contributed by atoms with van der Waals surface area (Å²) < 4.78 is 5.57. The van der Waals surface area contributed by atoms with Gasteiger partial charge in [-0.1, -0.05) is 11.6 Å². The molecule has 2 amide bonds. The maximum Gasteiger partial charge on any atom is 0.312 e. The Morgan fingerprint density at radius 2 is 1.97 bits per heavy atom. The van der Waals surface area contributed by atoms with Crippen molar-refractivity contribution in [2.75, 3.05) is 39.0 Å². The molecule has 0 aliphatic carbocycles. The van der Waals surface area contributed by atoms with Gasteiger partial charge in [-0.05, 0) is 45.1 Å². The predicted molar refractivity (Wildman–Crippen MR) is 115 cm³/mol. The molecule has 31 heavy (non-hydrogen) atoms. The summed E-state index contributed by atoms with van der Waals surface area (Å²) in [6, 6.07) is 4.85. The first kappa shape index (κ1) is 24.6. The molecule has 2 heterocycles. The number of benzene rings is 1. The zero-order valence-electron chi connectivity index (χ0n) is 17.9. The fourth-order valence-corrected chi connectivity index (χ4v) is 4.29. The Bertz CT molecular complexity index is 836. The highest BCUT2D eigenvalue weighted by molar-refractivity contribution is 6.34. The summed E-state index contributed by atoms with van der Waals surface area (Å²) in [6.07, 6.45) is 1.82. The number of anilines is 1. The second-order valence-corrected chi connectivity index (χ2v) is 8.45. The SMILES string of the molecule is CC(=O)Nc1ccc(C(=O)N2CCC3(CC2)CC(CN(C)C)OC3=O)c(Cl)c1.O=CO. The van der Waals surface area contributed by atoms with E-state index >= 15 is 0 Å². The molecule has 170 valence electrons. The fourth-order valence-electron chi connectivity index (χ4n) is 4.03. The van der Waals surface area contributed by atoms with E-state index in [4.69, 9.17) is 26.2 Å². The van der Waals surface area contributed by atoms with Gasteiger partial charge in [0.1, 0.15) is 6.10 Å². The molecule has 2 saturated heterocycles. The number of carbonyl (C=O) groups is 4. The lowest BCUT2D eigenvalue weighted by atomic mass is 9.76. The molecule has 2 aliphatic heterocycles. The Morgan fingerprint density at radius 3 is 2.48 bits per heavy atom. The average molecular weight is 454 g/mol.